The van der Waals surface area contributed by atoms with Gasteiger partial charge in [0.1, 0.15) is 5.75 Å². The van der Waals surface area contributed by atoms with Crippen molar-refractivity contribution in [1.82, 2.24) is 0 Å². The lowest BCUT2D eigenvalue weighted by Crippen LogP contribution is -1.71. The molecule has 0 unspecified atom stereocenters. The van der Waals surface area contributed by atoms with Crippen molar-refractivity contribution in [1.29, 1.82) is 1.43 Å². The van der Waals surface area contributed by atoms with Crippen molar-refractivity contribution in [2.24, 2.45) is 0 Å². The molecule has 2 heteroatoms. The van der Waals surface area contributed by atoms with Crippen molar-refractivity contribution >= 4 is 11.6 Å². The van der Waals surface area contributed by atoms with Gasteiger partial charge in [0.15, 0.2) is 0 Å². The largest absolute Gasteiger partial charge is 0.508 e. The summed E-state index contributed by atoms with van der Waals surface area (Å²) in [7, 11) is 0. The lowest BCUT2D eigenvalue weighted by molar-refractivity contribution is 0.471. The average Bonchev–Trinajstić information content (AvgIpc) is 2.13. The number of benzene rings is 1. The molecule has 0 aliphatic rings. The van der Waals surface area contributed by atoms with Crippen LogP contribution in [-0.4, -0.2) is 6.54 Å². The summed E-state index contributed by atoms with van der Waals surface area (Å²) in [5, 5.41) is 4.08. The van der Waals surface area contributed by atoms with E-state index in [1.807, 2.05) is 0 Å². The minimum Gasteiger partial charge on any atom is -0.508 e. The zero-order chi connectivity index (χ0) is 10.2. The standard InChI is InChI=1S/C7H7ClO/c1-5-4-6(8)2-3-7(5)9/h2-4,9H,1H3/i2D,3D,4D/hD. The first kappa shape index (κ1) is 2.93. The zero-order valence-corrected chi connectivity index (χ0v) is 5.54. The van der Waals surface area contributed by atoms with Crippen molar-refractivity contribution in [2.45, 2.75) is 6.92 Å². The first-order chi connectivity index (χ1) is 6.00. The quantitative estimate of drug-likeness (QED) is 0.645. The fraction of sp³-hybridized carbons (Fsp3) is 0.143. The highest BCUT2D eigenvalue weighted by atomic mass is 35.5. The molecule has 0 atom stereocenters. The van der Waals surface area contributed by atoms with E-state index in [-0.39, 0.29) is 28.9 Å². The Bertz CT molecular complexity index is 324. The van der Waals surface area contributed by atoms with Crippen LogP contribution in [0.2, 0.25) is 5.02 Å². The first-order valence-electron chi connectivity index (χ1n) is 4.30. The number of phenolic OH excluding ortho intramolecular Hbond substituents is 1. The molecule has 0 amide bonds. The van der Waals surface area contributed by atoms with E-state index >= 15 is 0 Å². The van der Waals surface area contributed by atoms with Crippen LogP contribution in [0.5, 0.6) is 5.75 Å². The summed E-state index contributed by atoms with van der Waals surface area (Å²) in [4.78, 5) is 0. The van der Waals surface area contributed by atoms with Crippen molar-refractivity contribution in [3.63, 3.8) is 0 Å². The molecule has 0 saturated heterocycles. The Balaban J connectivity index is 3.56. The molecule has 1 nitrogen and oxygen atoms in total. The van der Waals surface area contributed by atoms with Gasteiger partial charge in [-0.2, -0.15) is 0 Å². The Hall–Kier alpha value is -0.690. The topological polar surface area (TPSA) is 20.2 Å². The Kier molecular flexibility index (Phi) is 0.741. The maximum absolute atomic E-state index is 7.43. The lowest BCUT2D eigenvalue weighted by atomic mass is 10.2. The van der Waals surface area contributed by atoms with E-state index in [1.165, 1.54) is 6.92 Å². The summed E-state index contributed by atoms with van der Waals surface area (Å²) in [6.45, 7) is 1.52. The van der Waals surface area contributed by atoms with E-state index in [9.17, 15) is 0 Å². The molecular weight excluding hydrogens is 136 g/mol. The summed E-state index contributed by atoms with van der Waals surface area (Å²) in [6.07, 6.45) is 0. The number of hydrogen-bond acceptors (Lipinski definition) is 1. The zero-order valence-electron chi connectivity index (χ0n) is 8.79. The van der Waals surface area contributed by atoms with Gasteiger partial charge in [-0.25, -0.2) is 0 Å². The van der Waals surface area contributed by atoms with Gasteiger partial charge in [0, 0.05) is 5.02 Å². The predicted octanol–water partition coefficient (Wildman–Crippen LogP) is 2.35. The van der Waals surface area contributed by atoms with E-state index in [2.05, 4.69) is 5.11 Å². The van der Waals surface area contributed by atoms with E-state index in [1.54, 1.807) is 0 Å². The van der Waals surface area contributed by atoms with Crippen LogP contribution in [0.25, 0.3) is 0 Å². The molecule has 0 spiro atoms. The van der Waals surface area contributed by atoms with Gasteiger partial charge >= 0.3 is 0 Å². The highest BCUT2D eigenvalue weighted by molar-refractivity contribution is 6.30. The van der Waals surface area contributed by atoms with Crippen LogP contribution in [0.3, 0.4) is 0 Å². The van der Waals surface area contributed by atoms with Gasteiger partial charge in [-0.1, -0.05) is 11.6 Å². The fourth-order valence-electron chi connectivity index (χ4n) is 0.458. The van der Waals surface area contributed by atoms with Crippen LogP contribution >= 0.6 is 11.6 Å². The molecule has 1 aromatic rings. The highest BCUT2D eigenvalue weighted by Crippen LogP contribution is 2.19. The summed E-state index contributed by atoms with van der Waals surface area (Å²) >= 11 is 5.61. The second kappa shape index (κ2) is 2.28. The van der Waals surface area contributed by atoms with Gasteiger partial charge in [-0.3, -0.25) is 0 Å². The first-order valence-corrected chi connectivity index (χ1v) is 2.77. The van der Waals surface area contributed by atoms with Crippen LogP contribution in [-0.2, 0) is 0 Å². The minimum absolute atomic E-state index is 0.0649. The van der Waals surface area contributed by atoms with Crippen molar-refractivity contribution < 1.29 is 9.22 Å². The number of phenols is 1. The Morgan fingerprint density at radius 1 is 1.78 bits per heavy atom. The maximum Gasteiger partial charge on any atom is 0.293 e. The second-order valence-corrected chi connectivity index (χ2v) is 2.02. The lowest BCUT2D eigenvalue weighted by Gasteiger charge is -1.95. The number of rotatable bonds is 1. The van der Waals surface area contributed by atoms with Crippen LogP contribution in [0.15, 0.2) is 18.1 Å². The number of halogens is 1. The van der Waals surface area contributed by atoms with Gasteiger partial charge in [0.2, 0.25) is 0 Å². The Morgan fingerprint density at radius 3 is 3.22 bits per heavy atom. The van der Waals surface area contributed by atoms with E-state index < -0.39 is 0 Å². The van der Waals surface area contributed by atoms with E-state index in [0.717, 1.165) is 0 Å². The van der Waals surface area contributed by atoms with Crippen LogP contribution < -0.4 is 0 Å². The molecule has 0 radical (unpaired) electrons. The summed E-state index contributed by atoms with van der Waals surface area (Å²) < 4.78 is 28.8. The second-order valence-electron chi connectivity index (χ2n) is 1.64. The summed E-state index contributed by atoms with van der Waals surface area (Å²) in [5.41, 5.74) is 0.306. The van der Waals surface area contributed by atoms with Gasteiger partial charge in [-0.05, 0) is 30.6 Å². The fourth-order valence-corrected chi connectivity index (χ4v) is 0.647. The van der Waals surface area contributed by atoms with Gasteiger partial charge < -0.3 is 5.11 Å². The molecule has 0 heterocycles. The SMILES string of the molecule is [2H]Oc1c([2H])c([2H])c(Cl)c([2H])c1C. The molecule has 0 aliphatic heterocycles. The van der Waals surface area contributed by atoms with Gasteiger partial charge in [0.05, 0.1) is 4.11 Å². The Morgan fingerprint density at radius 2 is 2.56 bits per heavy atom. The molecule has 0 saturated carbocycles. The van der Waals surface area contributed by atoms with E-state index in [4.69, 9.17) is 17.1 Å². The molecule has 0 aromatic heterocycles. The molecule has 1 N–H and O–H groups in total. The van der Waals surface area contributed by atoms with Crippen molar-refractivity contribution in [3.05, 3.63) is 28.7 Å². The van der Waals surface area contributed by atoms with Crippen molar-refractivity contribution in [2.75, 3.05) is 0 Å². The third kappa shape index (κ3) is 1.36. The summed E-state index contributed by atoms with van der Waals surface area (Å²) in [6, 6.07) is -0.599. The van der Waals surface area contributed by atoms with Crippen molar-refractivity contribution in [3.8, 4) is 5.75 Å². The molecule has 9 heavy (non-hydrogen) atoms. The number of hydrogen-bond donors (Lipinski definition) is 1. The predicted molar refractivity (Wildman–Crippen MR) is 37.9 cm³/mol. The van der Waals surface area contributed by atoms with Crippen LogP contribution in [0, 0.1) is 6.92 Å². The van der Waals surface area contributed by atoms with E-state index in [0.29, 0.717) is 5.56 Å². The molecule has 0 aliphatic carbocycles. The number of aromatic hydroxyl groups is 1. The third-order valence-corrected chi connectivity index (χ3v) is 1.11. The molecule has 1 aromatic carbocycles. The normalized spacial score (nSPS) is 15.3. The Labute approximate surface area is 64.6 Å². The average molecular weight is 147 g/mol. The molecular formula is C7H7ClO. The highest BCUT2D eigenvalue weighted by Gasteiger charge is 1.93. The van der Waals surface area contributed by atoms with Gasteiger partial charge in [-0.15, -0.1) is 0 Å². The van der Waals surface area contributed by atoms with Gasteiger partial charge in [0.25, 0.3) is 1.43 Å². The third-order valence-electron chi connectivity index (χ3n) is 0.924. The minimum atomic E-state index is -0.278. The molecule has 0 fully saturated rings. The molecule has 1 rings (SSSR count). The van der Waals surface area contributed by atoms with Crippen LogP contribution in [0.4, 0.5) is 0 Å². The smallest absolute Gasteiger partial charge is 0.293 e. The monoisotopic (exact) mass is 146 g/mol. The molecule has 0 bridgehead atoms. The molecule has 48 valence electrons. The summed E-state index contributed by atoms with van der Waals surface area (Å²) in [5.74, 6) is -0.0839. The van der Waals surface area contributed by atoms with Crippen LogP contribution in [0.1, 0.15) is 9.68 Å². The maximum atomic E-state index is 7.43.